The normalized spacial score (nSPS) is 11.7. The number of sulfonamides is 1. The summed E-state index contributed by atoms with van der Waals surface area (Å²) in [6.45, 7) is 0. The Morgan fingerprint density at radius 3 is 2.38 bits per heavy atom. The average molecular weight is 410 g/mol. The second-order valence-electron chi connectivity index (χ2n) is 4.48. The van der Waals surface area contributed by atoms with Crippen LogP contribution in [0.2, 0.25) is 15.1 Å². The molecule has 2 N–H and O–H groups in total. The fourth-order valence-electron chi connectivity index (χ4n) is 1.74. The van der Waals surface area contributed by atoms with E-state index in [4.69, 9.17) is 39.5 Å². The number of nitrogens with zero attached hydrogens (tertiary/aromatic N) is 1. The molecule has 24 heavy (non-hydrogen) atoms. The molecule has 0 amide bonds. The van der Waals surface area contributed by atoms with E-state index in [9.17, 15) is 13.5 Å². The number of methoxy groups -OCH3 is 1. The van der Waals surface area contributed by atoms with Crippen molar-refractivity contribution in [1.29, 1.82) is 0 Å². The molecular weight excluding hydrogens is 399 g/mol. The Labute approximate surface area is 153 Å². The van der Waals surface area contributed by atoms with Crippen LogP contribution in [0.5, 0.6) is 11.5 Å². The second-order valence-corrected chi connectivity index (χ2v) is 7.36. The summed E-state index contributed by atoms with van der Waals surface area (Å²) < 4.78 is 29.6. The number of nitrogens with one attached hydrogen (secondary N) is 1. The van der Waals surface area contributed by atoms with Gasteiger partial charge in [0.2, 0.25) is 0 Å². The van der Waals surface area contributed by atoms with E-state index >= 15 is 0 Å². The Hall–Kier alpha value is -1.67. The van der Waals surface area contributed by atoms with Crippen molar-refractivity contribution in [2.24, 2.45) is 5.10 Å². The van der Waals surface area contributed by atoms with Gasteiger partial charge in [-0.15, -0.1) is 0 Å². The number of hydrogen-bond acceptors (Lipinski definition) is 5. The molecular formula is C14H11Cl3N2O4S. The van der Waals surface area contributed by atoms with Crippen LogP contribution in [0.1, 0.15) is 5.56 Å². The standard InChI is InChI=1S/C14H11Cl3N2O4S/c1-23-12-3-2-9(15)6-13(12)24(21,22)19-18-7-8-4-10(16)14(20)11(17)5-8/h2-7,19-20H,1H3/b18-7+. The summed E-state index contributed by atoms with van der Waals surface area (Å²) in [6.07, 6.45) is 1.19. The van der Waals surface area contributed by atoms with E-state index in [2.05, 4.69) is 5.10 Å². The summed E-state index contributed by atoms with van der Waals surface area (Å²) in [5.41, 5.74) is 0.392. The largest absolute Gasteiger partial charge is 0.505 e. The van der Waals surface area contributed by atoms with Crippen molar-refractivity contribution in [3.63, 3.8) is 0 Å². The zero-order chi connectivity index (χ0) is 17.9. The lowest BCUT2D eigenvalue weighted by molar-refractivity contribution is 0.402. The average Bonchev–Trinajstić information content (AvgIpc) is 2.52. The van der Waals surface area contributed by atoms with Gasteiger partial charge in [0.05, 0.1) is 23.4 Å². The van der Waals surface area contributed by atoms with Crippen LogP contribution in [0.15, 0.2) is 40.3 Å². The maximum atomic E-state index is 12.3. The lowest BCUT2D eigenvalue weighted by Gasteiger charge is -2.09. The van der Waals surface area contributed by atoms with E-state index in [0.717, 1.165) is 0 Å². The second kappa shape index (κ2) is 7.48. The van der Waals surface area contributed by atoms with Crippen LogP contribution in [-0.2, 0) is 10.0 Å². The van der Waals surface area contributed by atoms with E-state index in [1.165, 1.54) is 43.7 Å². The molecule has 0 bridgehead atoms. The Bertz CT molecular complexity index is 878. The van der Waals surface area contributed by atoms with Crippen LogP contribution in [-0.4, -0.2) is 26.8 Å². The molecule has 0 radical (unpaired) electrons. The minimum Gasteiger partial charge on any atom is -0.505 e. The zero-order valence-corrected chi connectivity index (χ0v) is 15.2. The number of benzene rings is 2. The van der Waals surface area contributed by atoms with Crippen LogP contribution in [0.25, 0.3) is 0 Å². The molecule has 2 aromatic rings. The Kier molecular flexibility index (Phi) is 5.82. The molecule has 6 nitrogen and oxygen atoms in total. The van der Waals surface area contributed by atoms with Crippen molar-refractivity contribution in [3.8, 4) is 11.5 Å². The van der Waals surface area contributed by atoms with Gasteiger partial charge >= 0.3 is 0 Å². The van der Waals surface area contributed by atoms with Crippen LogP contribution in [0.3, 0.4) is 0 Å². The van der Waals surface area contributed by atoms with Crippen LogP contribution >= 0.6 is 34.8 Å². The summed E-state index contributed by atoms with van der Waals surface area (Å²) in [5.74, 6) is -0.141. The number of hydrogen-bond donors (Lipinski definition) is 2. The highest BCUT2D eigenvalue weighted by molar-refractivity contribution is 7.89. The number of phenols is 1. The van der Waals surface area contributed by atoms with Crippen molar-refractivity contribution in [3.05, 3.63) is 51.0 Å². The van der Waals surface area contributed by atoms with E-state index in [0.29, 0.717) is 5.56 Å². The van der Waals surface area contributed by atoms with Gasteiger partial charge in [0, 0.05) is 5.02 Å². The maximum absolute atomic E-state index is 12.3. The predicted molar refractivity (Wildman–Crippen MR) is 94.0 cm³/mol. The zero-order valence-electron chi connectivity index (χ0n) is 12.1. The lowest BCUT2D eigenvalue weighted by atomic mass is 10.2. The Balaban J connectivity index is 2.26. The van der Waals surface area contributed by atoms with E-state index < -0.39 is 10.0 Å². The molecule has 0 aromatic heterocycles. The summed E-state index contributed by atoms with van der Waals surface area (Å²) in [5, 5.41) is 13.4. The van der Waals surface area contributed by atoms with Crippen molar-refractivity contribution >= 4 is 51.0 Å². The molecule has 0 aliphatic heterocycles. The van der Waals surface area contributed by atoms with E-state index in [1.54, 1.807) is 0 Å². The fraction of sp³-hybridized carbons (Fsp3) is 0.0714. The molecule has 0 fully saturated rings. The topological polar surface area (TPSA) is 88.0 Å². The van der Waals surface area contributed by atoms with Gasteiger partial charge in [-0.2, -0.15) is 18.4 Å². The predicted octanol–water partition coefficient (Wildman–Crippen LogP) is 3.67. The highest BCUT2D eigenvalue weighted by atomic mass is 35.5. The number of hydrazone groups is 1. The monoisotopic (exact) mass is 408 g/mol. The first-order chi connectivity index (χ1) is 11.2. The minimum absolute atomic E-state index is 0.0170. The number of ether oxygens (including phenoxy) is 1. The van der Waals surface area contributed by atoms with Crippen LogP contribution < -0.4 is 9.57 Å². The van der Waals surface area contributed by atoms with Crippen LogP contribution in [0.4, 0.5) is 0 Å². The summed E-state index contributed by atoms with van der Waals surface area (Å²) in [6, 6.07) is 6.93. The van der Waals surface area contributed by atoms with Crippen molar-refractivity contribution < 1.29 is 18.3 Å². The number of rotatable bonds is 5. The number of halogens is 3. The Morgan fingerprint density at radius 1 is 1.17 bits per heavy atom. The highest BCUT2D eigenvalue weighted by Crippen LogP contribution is 2.32. The van der Waals surface area contributed by atoms with E-state index in [1.807, 2.05) is 4.83 Å². The third-order valence-electron chi connectivity index (χ3n) is 2.84. The minimum atomic E-state index is -4.00. The molecule has 0 aliphatic rings. The molecule has 2 rings (SSSR count). The van der Waals surface area contributed by atoms with Gasteiger partial charge in [0.15, 0.2) is 5.75 Å². The highest BCUT2D eigenvalue weighted by Gasteiger charge is 2.19. The van der Waals surface area contributed by atoms with Gasteiger partial charge in [0.25, 0.3) is 10.0 Å². The molecule has 2 aromatic carbocycles. The molecule has 0 saturated carbocycles. The van der Waals surface area contributed by atoms with Crippen LogP contribution in [0, 0.1) is 0 Å². The summed E-state index contributed by atoms with van der Waals surface area (Å²) in [7, 11) is -2.66. The lowest BCUT2D eigenvalue weighted by Crippen LogP contribution is -2.19. The van der Waals surface area contributed by atoms with Crippen molar-refractivity contribution in [1.82, 2.24) is 4.83 Å². The molecule has 0 unspecified atom stereocenters. The molecule has 0 heterocycles. The van der Waals surface area contributed by atoms with Crippen molar-refractivity contribution in [2.45, 2.75) is 4.90 Å². The third kappa shape index (κ3) is 4.24. The van der Waals surface area contributed by atoms with Gasteiger partial charge in [-0.1, -0.05) is 34.8 Å². The molecule has 0 atom stereocenters. The first-order valence-corrected chi connectivity index (χ1v) is 8.92. The SMILES string of the molecule is COc1ccc(Cl)cc1S(=O)(=O)N/N=C/c1cc(Cl)c(O)c(Cl)c1. The summed E-state index contributed by atoms with van der Waals surface area (Å²) in [4.78, 5) is 1.88. The smallest absolute Gasteiger partial charge is 0.280 e. The van der Waals surface area contributed by atoms with Gasteiger partial charge in [-0.3, -0.25) is 0 Å². The molecule has 0 aliphatic carbocycles. The van der Waals surface area contributed by atoms with E-state index in [-0.39, 0.29) is 31.5 Å². The van der Waals surface area contributed by atoms with Gasteiger partial charge < -0.3 is 9.84 Å². The first kappa shape index (κ1) is 18.7. The first-order valence-electron chi connectivity index (χ1n) is 6.31. The number of aromatic hydroxyl groups is 1. The van der Waals surface area contributed by atoms with Gasteiger partial charge in [0.1, 0.15) is 10.6 Å². The molecule has 0 saturated heterocycles. The quantitative estimate of drug-likeness (QED) is 0.582. The van der Waals surface area contributed by atoms with Crippen molar-refractivity contribution in [2.75, 3.05) is 7.11 Å². The maximum Gasteiger partial charge on any atom is 0.280 e. The van der Waals surface area contributed by atoms with Gasteiger partial charge in [-0.05, 0) is 35.9 Å². The molecule has 0 spiro atoms. The number of phenolic OH excluding ortho intramolecular Hbond substituents is 1. The van der Waals surface area contributed by atoms with Gasteiger partial charge in [-0.25, -0.2) is 0 Å². The fourth-order valence-corrected chi connectivity index (χ4v) is 3.47. The molecule has 10 heteroatoms. The Morgan fingerprint density at radius 2 is 1.79 bits per heavy atom. The summed E-state index contributed by atoms with van der Waals surface area (Å²) >= 11 is 17.4. The molecule has 128 valence electrons. The third-order valence-corrected chi connectivity index (χ3v) is 4.90.